The van der Waals surface area contributed by atoms with Gasteiger partial charge in [0.25, 0.3) is 0 Å². The van der Waals surface area contributed by atoms with Gasteiger partial charge < -0.3 is 35.7 Å². The lowest BCUT2D eigenvalue weighted by molar-refractivity contribution is -0.142. The zero-order valence-electron chi connectivity index (χ0n) is 9.55. The molecule has 0 fully saturated rings. The summed E-state index contributed by atoms with van der Waals surface area (Å²) in [5.74, 6) is -1.37. The summed E-state index contributed by atoms with van der Waals surface area (Å²) in [6.45, 7) is 2.28. The molecule has 0 aromatic carbocycles. The van der Waals surface area contributed by atoms with E-state index in [4.69, 9.17) is 15.3 Å². The van der Waals surface area contributed by atoms with E-state index in [1.165, 1.54) is 0 Å². The Morgan fingerprint density at radius 1 is 0.944 bits per heavy atom. The van der Waals surface area contributed by atoms with E-state index in [2.05, 4.69) is 6.58 Å². The van der Waals surface area contributed by atoms with E-state index in [9.17, 15) is 25.2 Å². The summed E-state index contributed by atoms with van der Waals surface area (Å²) >= 11 is 0. The summed E-state index contributed by atoms with van der Waals surface area (Å²) in [7, 11) is 0. The highest BCUT2D eigenvalue weighted by Gasteiger charge is 2.34. The second-order valence-corrected chi connectivity index (χ2v) is 3.90. The minimum absolute atomic E-state index is 0.383. The first-order valence-corrected chi connectivity index (χ1v) is 5.14. The van der Waals surface area contributed by atoms with Crippen LogP contribution in [0.25, 0.3) is 0 Å². The molecule has 8 nitrogen and oxygen atoms in total. The molecule has 5 atom stereocenters. The first kappa shape index (κ1) is 17.0. The number of carboxylic acid groups (broad SMARTS) is 1. The molecule has 0 saturated heterocycles. The molecule has 0 radical (unpaired) electrons. The van der Waals surface area contributed by atoms with Crippen molar-refractivity contribution in [2.24, 2.45) is 0 Å². The highest BCUT2D eigenvalue weighted by Crippen LogP contribution is 2.13. The van der Waals surface area contributed by atoms with Crippen molar-refractivity contribution in [2.45, 2.75) is 36.9 Å². The predicted molar refractivity (Wildman–Crippen MR) is 58.5 cm³/mol. The molecule has 0 aliphatic heterocycles. The Kier molecular flexibility index (Phi) is 6.99. The van der Waals surface area contributed by atoms with E-state index < -0.39 is 49.5 Å². The summed E-state index contributed by atoms with van der Waals surface area (Å²) in [6.07, 6.45) is -9.59. The Morgan fingerprint density at radius 3 is 1.78 bits per heavy atom. The predicted octanol–water partition coefficient (Wildman–Crippen LogP) is -3.19. The summed E-state index contributed by atoms with van der Waals surface area (Å²) in [4.78, 5) is 10.4. The van der Waals surface area contributed by atoms with Crippen molar-refractivity contribution in [1.29, 1.82) is 0 Å². The number of aliphatic hydroxyl groups is 6. The highest BCUT2D eigenvalue weighted by molar-refractivity contribution is 5.85. The highest BCUT2D eigenvalue weighted by atomic mass is 16.4. The number of hydrogen-bond acceptors (Lipinski definition) is 7. The Bertz CT molecular complexity index is 292. The average molecular weight is 266 g/mol. The molecule has 0 spiro atoms. The lowest BCUT2D eigenvalue weighted by Gasteiger charge is -2.28. The van der Waals surface area contributed by atoms with Gasteiger partial charge in [-0.2, -0.15) is 0 Å². The standard InChI is InChI=1S/C10H18O8/c1-4(10(17)18)2-5(12)7(14)9(16)8(15)6(13)3-11/h5-9,11-16H,1-3H2,(H,17,18)/t5?,6-,7+,8-,9-/m1/s1. The molecule has 7 N–H and O–H groups in total. The van der Waals surface area contributed by atoms with Crippen molar-refractivity contribution in [3.63, 3.8) is 0 Å². The minimum atomic E-state index is -1.94. The zero-order chi connectivity index (χ0) is 14.5. The van der Waals surface area contributed by atoms with Crippen LogP contribution in [-0.4, -0.2) is 78.8 Å². The summed E-state index contributed by atoms with van der Waals surface area (Å²) in [5, 5.41) is 63.6. The van der Waals surface area contributed by atoms with Gasteiger partial charge in [-0.05, 0) is 0 Å². The van der Waals surface area contributed by atoms with Gasteiger partial charge in [0.1, 0.15) is 24.4 Å². The molecule has 0 amide bonds. The number of carbonyl (C=O) groups is 1. The lowest BCUT2D eigenvalue weighted by Crippen LogP contribution is -2.50. The molecule has 8 heteroatoms. The monoisotopic (exact) mass is 266 g/mol. The van der Waals surface area contributed by atoms with Crippen LogP contribution in [0.3, 0.4) is 0 Å². The van der Waals surface area contributed by atoms with E-state index >= 15 is 0 Å². The fourth-order valence-electron chi connectivity index (χ4n) is 1.23. The molecule has 0 aliphatic carbocycles. The third kappa shape index (κ3) is 4.69. The van der Waals surface area contributed by atoms with Crippen LogP contribution in [0.5, 0.6) is 0 Å². The second-order valence-electron chi connectivity index (χ2n) is 3.90. The van der Waals surface area contributed by atoms with Crippen LogP contribution in [0.15, 0.2) is 12.2 Å². The molecule has 106 valence electrons. The van der Waals surface area contributed by atoms with Gasteiger partial charge in [-0.1, -0.05) is 6.58 Å². The first-order chi connectivity index (χ1) is 8.22. The lowest BCUT2D eigenvalue weighted by atomic mass is 9.96. The van der Waals surface area contributed by atoms with Gasteiger partial charge in [0, 0.05) is 12.0 Å². The molecular weight excluding hydrogens is 248 g/mol. The van der Waals surface area contributed by atoms with Crippen LogP contribution < -0.4 is 0 Å². The van der Waals surface area contributed by atoms with Crippen LogP contribution >= 0.6 is 0 Å². The molecular formula is C10H18O8. The average Bonchev–Trinajstić information content (AvgIpc) is 2.34. The summed E-state index contributed by atoms with van der Waals surface area (Å²) < 4.78 is 0. The Hall–Kier alpha value is -1.03. The quantitative estimate of drug-likeness (QED) is 0.226. The first-order valence-electron chi connectivity index (χ1n) is 5.14. The van der Waals surface area contributed by atoms with Gasteiger partial charge in [0.05, 0.1) is 12.7 Å². The van der Waals surface area contributed by atoms with Gasteiger partial charge in [-0.15, -0.1) is 0 Å². The number of aliphatic carboxylic acids is 1. The van der Waals surface area contributed by atoms with Crippen LogP contribution in [0.2, 0.25) is 0 Å². The fraction of sp³-hybridized carbons (Fsp3) is 0.700. The Morgan fingerprint density at radius 2 is 1.39 bits per heavy atom. The van der Waals surface area contributed by atoms with Crippen molar-refractivity contribution in [2.75, 3.05) is 6.61 Å². The Balaban J connectivity index is 4.49. The van der Waals surface area contributed by atoms with Crippen molar-refractivity contribution in [1.82, 2.24) is 0 Å². The molecule has 0 heterocycles. The topological polar surface area (TPSA) is 159 Å². The maximum Gasteiger partial charge on any atom is 0.331 e. The van der Waals surface area contributed by atoms with E-state index in [-0.39, 0.29) is 5.57 Å². The van der Waals surface area contributed by atoms with Gasteiger partial charge in [-0.3, -0.25) is 0 Å². The molecule has 1 unspecified atom stereocenters. The number of hydrogen-bond donors (Lipinski definition) is 7. The maximum absolute atomic E-state index is 10.4. The van der Waals surface area contributed by atoms with Crippen LogP contribution in [0.4, 0.5) is 0 Å². The van der Waals surface area contributed by atoms with Crippen LogP contribution in [0, 0.1) is 0 Å². The number of rotatable bonds is 8. The molecule has 0 bridgehead atoms. The van der Waals surface area contributed by atoms with Gasteiger partial charge in [0.2, 0.25) is 0 Å². The van der Waals surface area contributed by atoms with E-state index in [1.54, 1.807) is 0 Å². The normalized spacial score (nSPS) is 19.7. The third-order valence-corrected chi connectivity index (χ3v) is 2.43. The van der Waals surface area contributed by atoms with Crippen molar-refractivity contribution >= 4 is 5.97 Å². The van der Waals surface area contributed by atoms with Gasteiger partial charge >= 0.3 is 5.97 Å². The van der Waals surface area contributed by atoms with Crippen molar-refractivity contribution in [3.8, 4) is 0 Å². The van der Waals surface area contributed by atoms with Crippen LogP contribution in [0.1, 0.15) is 6.42 Å². The smallest absolute Gasteiger partial charge is 0.331 e. The third-order valence-electron chi connectivity index (χ3n) is 2.43. The molecule has 0 rings (SSSR count). The molecule has 18 heavy (non-hydrogen) atoms. The molecule has 0 aromatic rings. The second kappa shape index (κ2) is 7.41. The van der Waals surface area contributed by atoms with E-state index in [0.29, 0.717) is 0 Å². The van der Waals surface area contributed by atoms with Gasteiger partial charge in [-0.25, -0.2) is 4.79 Å². The fourth-order valence-corrected chi connectivity index (χ4v) is 1.23. The van der Waals surface area contributed by atoms with Crippen molar-refractivity contribution < 1.29 is 40.5 Å². The van der Waals surface area contributed by atoms with Gasteiger partial charge in [0.15, 0.2) is 0 Å². The number of aliphatic hydroxyl groups excluding tert-OH is 6. The van der Waals surface area contributed by atoms with E-state index in [0.717, 1.165) is 0 Å². The Labute approximate surface area is 103 Å². The van der Waals surface area contributed by atoms with E-state index in [1.807, 2.05) is 0 Å². The summed E-state index contributed by atoms with van der Waals surface area (Å²) in [6, 6.07) is 0. The van der Waals surface area contributed by atoms with Crippen LogP contribution in [-0.2, 0) is 4.79 Å². The SMILES string of the molecule is C=C(CC(O)[C@H](O)[C@@H](O)[C@H](O)[C@H](O)CO)C(=O)O. The number of carboxylic acids is 1. The molecule has 0 aliphatic rings. The summed E-state index contributed by atoms with van der Waals surface area (Å²) in [5.41, 5.74) is -0.383. The zero-order valence-corrected chi connectivity index (χ0v) is 9.55. The molecule has 0 saturated carbocycles. The minimum Gasteiger partial charge on any atom is -0.478 e. The largest absolute Gasteiger partial charge is 0.478 e. The molecule has 0 aromatic heterocycles. The van der Waals surface area contributed by atoms with Crippen molar-refractivity contribution in [3.05, 3.63) is 12.2 Å². The maximum atomic E-state index is 10.4.